The lowest BCUT2D eigenvalue weighted by Gasteiger charge is -2.45. The van der Waals surface area contributed by atoms with Crippen LogP contribution in [0.15, 0.2) is 46.5 Å². The topological polar surface area (TPSA) is 53.0 Å². The van der Waals surface area contributed by atoms with Gasteiger partial charge in [-0.1, -0.05) is 19.1 Å². The highest BCUT2D eigenvalue weighted by Crippen LogP contribution is 2.37. The highest BCUT2D eigenvalue weighted by atomic mass is 32.2. The van der Waals surface area contributed by atoms with E-state index in [1.54, 1.807) is 6.07 Å². The molecule has 1 aromatic carbocycles. The quantitative estimate of drug-likeness (QED) is 0.778. The van der Waals surface area contributed by atoms with Crippen LogP contribution in [0.25, 0.3) is 0 Å². The van der Waals surface area contributed by atoms with E-state index < -0.39 is 5.97 Å². The molecule has 1 fully saturated rings. The maximum atomic E-state index is 13.8. The van der Waals surface area contributed by atoms with Crippen molar-refractivity contribution in [2.24, 2.45) is 0 Å². The van der Waals surface area contributed by atoms with Crippen LogP contribution in [-0.4, -0.2) is 58.6 Å². The van der Waals surface area contributed by atoms with E-state index in [0.29, 0.717) is 18.7 Å². The Bertz CT molecular complexity index is 796. The van der Waals surface area contributed by atoms with Gasteiger partial charge in [0.25, 0.3) is 0 Å². The van der Waals surface area contributed by atoms with Gasteiger partial charge in [0.15, 0.2) is 0 Å². The van der Waals surface area contributed by atoms with E-state index in [9.17, 15) is 14.3 Å². The lowest BCUT2D eigenvalue weighted by molar-refractivity contribution is -0.132. The minimum absolute atomic E-state index is 0.0910. The van der Waals surface area contributed by atoms with E-state index in [0.717, 1.165) is 35.0 Å². The molecular formula is C21H27FN2O3S. The fourth-order valence-corrected chi connectivity index (χ4v) is 4.77. The molecule has 0 bridgehead atoms. The second-order valence-electron chi connectivity index (χ2n) is 7.12. The van der Waals surface area contributed by atoms with Gasteiger partial charge in [-0.15, -0.1) is 11.8 Å². The van der Waals surface area contributed by atoms with E-state index in [1.807, 2.05) is 32.9 Å². The van der Waals surface area contributed by atoms with E-state index in [4.69, 9.17) is 4.74 Å². The Labute approximate surface area is 169 Å². The summed E-state index contributed by atoms with van der Waals surface area (Å²) in [6.45, 7) is 8.53. The zero-order valence-corrected chi connectivity index (χ0v) is 17.3. The number of benzene rings is 1. The fourth-order valence-electron chi connectivity index (χ4n) is 3.77. The summed E-state index contributed by atoms with van der Waals surface area (Å²) < 4.78 is 19.5. The summed E-state index contributed by atoms with van der Waals surface area (Å²) in [5, 5.41) is 10.6. The zero-order chi connectivity index (χ0) is 20.3. The Morgan fingerprint density at radius 3 is 2.86 bits per heavy atom. The minimum atomic E-state index is -0.928. The van der Waals surface area contributed by atoms with Gasteiger partial charge in [-0.05, 0) is 48.9 Å². The van der Waals surface area contributed by atoms with Crippen LogP contribution in [0.5, 0.6) is 0 Å². The number of carbonyl (C=O) groups is 1. The molecule has 0 spiro atoms. The number of rotatable bonds is 6. The molecule has 1 aromatic rings. The summed E-state index contributed by atoms with van der Waals surface area (Å²) in [7, 11) is 0. The Morgan fingerprint density at radius 2 is 2.21 bits per heavy atom. The van der Waals surface area contributed by atoms with Crippen LogP contribution in [0.4, 0.5) is 4.39 Å². The Balaban J connectivity index is 2.03. The zero-order valence-electron chi connectivity index (χ0n) is 16.5. The molecule has 0 aliphatic carbocycles. The van der Waals surface area contributed by atoms with Crippen molar-refractivity contribution in [1.82, 2.24) is 9.80 Å². The number of hydrogen-bond acceptors (Lipinski definition) is 5. The largest absolute Gasteiger partial charge is 0.478 e. The summed E-state index contributed by atoms with van der Waals surface area (Å²) in [4.78, 5) is 16.4. The number of morpholine rings is 1. The molecule has 0 aromatic heterocycles. The molecule has 3 rings (SSSR count). The number of carboxylic acids is 1. The average Bonchev–Trinajstić information content (AvgIpc) is 2.63. The summed E-state index contributed by atoms with van der Waals surface area (Å²) in [5.74, 6) is -0.460. The third-order valence-electron chi connectivity index (χ3n) is 4.97. The van der Waals surface area contributed by atoms with Gasteiger partial charge in [0, 0.05) is 19.6 Å². The van der Waals surface area contributed by atoms with Crippen LogP contribution >= 0.6 is 11.8 Å². The first-order valence-electron chi connectivity index (χ1n) is 9.56. The first kappa shape index (κ1) is 20.9. The van der Waals surface area contributed by atoms with Crippen molar-refractivity contribution in [3.63, 3.8) is 0 Å². The minimum Gasteiger partial charge on any atom is -0.478 e. The van der Waals surface area contributed by atoms with Gasteiger partial charge in [-0.3, -0.25) is 4.90 Å². The molecule has 2 heterocycles. The SMILES string of the molecule is CCSC1=C(C(=O)O)C(C)=CC(N2CCO[C@H](C)C2)N1Cc1cccc(F)c1. The van der Waals surface area contributed by atoms with Gasteiger partial charge in [0.1, 0.15) is 12.0 Å². The molecule has 7 heteroatoms. The van der Waals surface area contributed by atoms with Crippen molar-refractivity contribution < 1.29 is 19.0 Å². The summed E-state index contributed by atoms with van der Waals surface area (Å²) in [5.41, 5.74) is 1.92. The van der Waals surface area contributed by atoms with Crippen LogP contribution in [0.1, 0.15) is 26.3 Å². The molecule has 2 aliphatic heterocycles. The van der Waals surface area contributed by atoms with E-state index in [2.05, 4.69) is 9.80 Å². The van der Waals surface area contributed by atoms with Crippen LogP contribution < -0.4 is 0 Å². The molecule has 0 saturated carbocycles. The molecule has 1 saturated heterocycles. The number of hydrogen-bond donors (Lipinski definition) is 1. The van der Waals surface area contributed by atoms with E-state index >= 15 is 0 Å². The molecule has 2 aliphatic rings. The van der Waals surface area contributed by atoms with Crippen LogP contribution in [-0.2, 0) is 16.1 Å². The predicted molar refractivity (Wildman–Crippen MR) is 109 cm³/mol. The van der Waals surface area contributed by atoms with Crippen molar-refractivity contribution in [1.29, 1.82) is 0 Å². The van der Waals surface area contributed by atoms with Crippen molar-refractivity contribution in [3.05, 3.63) is 57.9 Å². The summed E-state index contributed by atoms with van der Waals surface area (Å²) >= 11 is 1.52. The Kier molecular flexibility index (Phi) is 6.80. The third-order valence-corrected chi connectivity index (χ3v) is 5.97. The van der Waals surface area contributed by atoms with Crippen molar-refractivity contribution in [2.45, 2.75) is 39.6 Å². The van der Waals surface area contributed by atoms with Crippen molar-refractivity contribution in [2.75, 3.05) is 25.4 Å². The molecule has 2 atom stereocenters. The summed E-state index contributed by atoms with van der Waals surface area (Å²) in [6.07, 6.45) is 2.04. The number of aliphatic carboxylic acids is 1. The molecular weight excluding hydrogens is 379 g/mol. The van der Waals surface area contributed by atoms with Gasteiger partial charge >= 0.3 is 5.97 Å². The Morgan fingerprint density at radius 1 is 1.43 bits per heavy atom. The lowest BCUT2D eigenvalue weighted by atomic mass is 10.0. The highest BCUT2D eigenvalue weighted by molar-refractivity contribution is 8.03. The van der Waals surface area contributed by atoms with Gasteiger partial charge in [-0.2, -0.15) is 0 Å². The standard InChI is InChI=1S/C21H27FN2O3S/c1-4-28-20-19(21(25)26)14(2)10-18(23-8-9-27-15(3)12-23)24(20)13-16-6-5-7-17(22)11-16/h5-7,10-11,15,18H,4,8-9,12-13H2,1-3H3,(H,25,26)/t15-,18?/m1/s1. The van der Waals surface area contributed by atoms with Gasteiger partial charge in [0.05, 0.1) is 23.3 Å². The monoisotopic (exact) mass is 406 g/mol. The molecule has 0 amide bonds. The first-order chi connectivity index (χ1) is 13.4. The highest BCUT2D eigenvalue weighted by Gasteiger charge is 2.35. The number of nitrogens with zero attached hydrogens (tertiary/aromatic N) is 2. The summed E-state index contributed by atoms with van der Waals surface area (Å²) in [6, 6.07) is 6.50. The van der Waals surface area contributed by atoms with Crippen LogP contribution in [0, 0.1) is 5.82 Å². The predicted octanol–water partition coefficient (Wildman–Crippen LogP) is 3.68. The number of carboxylic acid groups (broad SMARTS) is 1. The third kappa shape index (κ3) is 4.59. The normalized spacial score (nSPS) is 23.7. The lowest BCUT2D eigenvalue weighted by Crippen LogP contribution is -2.54. The number of ether oxygens (including phenoxy) is 1. The molecule has 1 N–H and O–H groups in total. The molecule has 28 heavy (non-hydrogen) atoms. The fraction of sp³-hybridized carbons (Fsp3) is 0.476. The second kappa shape index (κ2) is 9.11. The molecule has 1 unspecified atom stereocenters. The Hall–Kier alpha value is -1.83. The van der Waals surface area contributed by atoms with Crippen LogP contribution in [0.2, 0.25) is 0 Å². The van der Waals surface area contributed by atoms with Gasteiger partial charge < -0.3 is 14.7 Å². The maximum Gasteiger partial charge on any atom is 0.338 e. The van der Waals surface area contributed by atoms with E-state index in [1.165, 1.54) is 23.9 Å². The second-order valence-corrected chi connectivity index (χ2v) is 8.37. The van der Waals surface area contributed by atoms with E-state index in [-0.39, 0.29) is 18.1 Å². The maximum absolute atomic E-state index is 13.8. The molecule has 152 valence electrons. The smallest absolute Gasteiger partial charge is 0.338 e. The number of halogens is 1. The first-order valence-corrected chi connectivity index (χ1v) is 10.5. The average molecular weight is 407 g/mol. The van der Waals surface area contributed by atoms with Gasteiger partial charge in [-0.25, -0.2) is 9.18 Å². The molecule has 5 nitrogen and oxygen atoms in total. The molecule has 0 radical (unpaired) electrons. The van der Waals surface area contributed by atoms with Crippen molar-refractivity contribution in [3.8, 4) is 0 Å². The number of thioether (sulfide) groups is 1. The van der Waals surface area contributed by atoms with Crippen molar-refractivity contribution >= 4 is 17.7 Å². The van der Waals surface area contributed by atoms with Gasteiger partial charge in [0.2, 0.25) is 0 Å². The van der Waals surface area contributed by atoms with Crippen LogP contribution in [0.3, 0.4) is 0 Å².